The molecule has 1 saturated heterocycles. The molecule has 0 aromatic heterocycles. The molecule has 1 heterocycles. The van der Waals surface area contributed by atoms with Crippen LogP contribution < -0.4 is 9.64 Å². The van der Waals surface area contributed by atoms with Crippen LogP contribution in [0.3, 0.4) is 0 Å². The number of para-hydroxylation sites is 1. The molecule has 38 heavy (non-hydrogen) atoms. The highest BCUT2D eigenvalue weighted by atomic mass is 79.9. The molecule has 0 radical (unpaired) electrons. The molecular weight excluding hydrogens is 538 g/mol. The Morgan fingerprint density at radius 1 is 0.895 bits per heavy atom. The molecule has 4 aromatic carbocycles. The first-order valence-electron chi connectivity index (χ1n) is 12.9. The van der Waals surface area contributed by atoms with Crippen LogP contribution in [0, 0.1) is 16.7 Å². The average molecular weight is 571 g/mol. The van der Waals surface area contributed by atoms with Crippen LogP contribution in [0.5, 0.6) is 5.75 Å². The lowest BCUT2D eigenvalue weighted by atomic mass is 9.68. The Morgan fingerprint density at radius 2 is 1.55 bits per heavy atom. The maximum atomic E-state index is 12.0. The molecule has 1 aliphatic heterocycles. The summed E-state index contributed by atoms with van der Waals surface area (Å²) < 4.78 is 6.83. The van der Waals surface area contributed by atoms with Gasteiger partial charge in [-0.05, 0) is 47.5 Å². The number of methoxy groups -OCH3 is 1. The highest BCUT2D eigenvalue weighted by Gasteiger charge is 2.47. The standard InChI is InChI=1S/C32H32BrN3O2/c1-32(22-34,31(37)36-19-17-35(18-20-36)25-12-8-11-24(33)21-25)30(28-14-5-6-16-29(28)38-2)27-15-7-10-23-9-3-4-13-26(23)27/h3-16,21,30-31,37H,17-20H2,1-2H3/t30-,31?,32+/m0/s1. The third-order valence-corrected chi connectivity index (χ3v) is 8.29. The number of anilines is 1. The molecule has 1 aliphatic rings. The number of hydrogen-bond donors (Lipinski definition) is 1. The molecule has 0 spiro atoms. The molecule has 0 aliphatic carbocycles. The van der Waals surface area contributed by atoms with Crippen molar-refractivity contribution >= 4 is 32.4 Å². The maximum absolute atomic E-state index is 12.0. The van der Waals surface area contributed by atoms with Crippen molar-refractivity contribution in [2.24, 2.45) is 5.41 Å². The third-order valence-electron chi connectivity index (χ3n) is 7.79. The van der Waals surface area contributed by atoms with Gasteiger partial charge in [-0.15, -0.1) is 0 Å². The Balaban J connectivity index is 1.54. The van der Waals surface area contributed by atoms with E-state index in [0.717, 1.165) is 45.1 Å². The number of fused-ring (bicyclic) bond motifs is 1. The van der Waals surface area contributed by atoms with Crippen LogP contribution >= 0.6 is 15.9 Å². The van der Waals surface area contributed by atoms with E-state index in [1.807, 2.05) is 66.4 Å². The predicted molar refractivity (Wildman–Crippen MR) is 156 cm³/mol. The number of rotatable bonds is 7. The zero-order valence-corrected chi connectivity index (χ0v) is 23.3. The van der Waals surface area contributed by atoms with E-state index in [4.69, 9.17) is 4.74 Å². The number of hydrogen-bond acceptors (Lipinski definition) is 5. The lowest BCUT2D eigenvalue weighted by molar-refractivity contribution is -0.0702. The van der Waals surface area contributed by atoms with Gasteiger partial charge in [0.2, 0.25) is 0 Å². The summed E-state index contributed by atoms with van der Waals surface area (Å²) in [5.41, 5.74) is 1.89. The SMILES string of the molecule is COc1ccccc1[C@H](c1cccc2ccccc12)[C@@](C)(C#N)C(O)N1CCN(c2cccc(Br)c2)CC1. The fraction of sp³-hybridized carbons (Fsp3) is 0.281. The highest BCUT2D eigenvalue weighted by molar-refractivity contribution is 9.10. The smallest absolute Gasteiger partial charge is 0.127 e. The Labute approximate surface area is 233 Å². The second-order valence-corrected chi connectivity index (χ2v) is 10.9. The van der Waals surface area contributed by atoms with Gasteiger partial charge >= 0.3 is 0 Å². The van der Waals surface area contributed by atoms with Crippen molar-refractivity contribution in [1.82, 2.24) is 4.90 Å². The van der Waals surface area contributed by atoms with Gasteiger partial charge in [-0.1, -0.05) is 82.7 Å². The first-order chi connectivity index (χ1) is 18.5. The summed E-state index contributed by atoms with van der Waals surface area (Å²) >= 11 is 3.57. The molecule has 6 heteroatoms. The topological polar surface area (TPSA) is 59.7 Å². The Kier molecular flexibility index (Phi) is 7.71. The van der Waals surface area contributed by atoms with Crippen molar-refractivity contribution in [3.63, 3.8) is 0 Å². The molecule has 5 nitrogen and oxygen atoms in total. The van der Waals surface area contributed by atoms with E-state index in [1.165, 1.54) is 0 Å². The zero-order chi connectivity index (χ0) is 26.7. The monoisotopic (exact) mass is 569 g/mol. The van der Waals surface area contributed by atoms with Crippen molar-refractivity contribution in [3.8, 4) is 11.8 Å². The largest absolute Gasteiger partial charge is 0.496 e. The van der Waals surface area contributed by atoms with Gasteiger partial charge in [-0.2, -0.15) is 5.26 Å². The fourth-order valence-electron chi connectivity index (χ4n) is 5.77. The van der Waals surface area contributed by atoms with Gasteiger partial charge in [0.05, 0.1) is 13.2 Å². The molecule has 0 saturated carbocycles. The molecule has 1 N–H and O–H groups in total. The van der Waals surface area contributed by atoms with E-state index in [2.05, 4.69) is 63.3 Å². The van der Waals surface area contributed by atoms with Crippen LogP contribution in [0.1, 0.15) is 24.0 Å². The molecule has 1 unspecified atom stereocenters. The van der Waals surface area contributed by atoms with Crippen LogP contribution in [0.4, 0.5) is 5.69 Å². The third kappa shape index (κ3) is 4.90. The second-order valence-electron chi connectivity index (χ2n) is 10.0. The van der Waals surface area contributed by atoms with Gasteiger partial charge in [0.25, 0.3) is 0 Å². The average Bonchev–Trinajstić information content (AvgIpc) is 2.97. The van der Waals surface area contributed by atoms with Crippen molar-refractivity contribution in [2.45, 2.75) is 19.1 Å². The molecule has 194 valence electrons. The van der Waals surface area contributed by atoms with Crippen molar-refractivity contribution in [1.29, 1.82) is 5.26 Å². The van der Waals surface area contributed by atoms with Gasteiger partial charge < -0.3 is 14.7 Å². The van der Waals surface area contributed by atoms with E-state index in [0.29, 0.717) is 18.8 Å². The Bertz CT molecular complexity index is 1460. The van der Waals surface area contributed by atoms with E-state index in [-0.39, 0.29) is 0 Å². The van der Waals surface area contributed by atoms with Gasteiger partial charge in [0.15, 0.2) is 0 Å². The zero-order valence-electron chi connectivity index (χ0n) is 21.7. The van der Waals surface area contributed by atoms with Crippen molar-refractivity contribution < 1.29 is 9.84 Å². The van der Waals surface area contributed by atoms with Crippen molar-refractivity contribution in [2.75, 3.05) is 38.2 Å². The van der Waals surface area contributed by atoms with E-state index < -0.39 is 17.6 Å². The predicted octanol–water partition coefficient (Wildman–Crippen LogP) is 6.41. The minimum Gasteiger partial charge on any atom is -0.496 e. The normalized spacial score (nSPS) is 17.4. The van der Waals surface area contributed by atoms with Crippen LogP contribution in [-0.4, -0.2) is 49.5 Å². The molecule has 5 rings (SSSR count). The van der Waals surface area contributed by atoms with E-state index in [1.54, 1.807) is 7.11 Å². The molecule has 1 fully saturated rings. The summed E-state index contributed by atoms with van der Waals surface area (Å²) in [4.78, 5) is 4.37. The summed E-state index contributed by atoms with van der Waals surface area (Å²) in [6.07, 6.45) is -0.981. The van der Waals surface area contributed by atoms with E-state index in [9.17, 15) is 10.4 Å². The molecule has 3 atom stereocenters. The quantitative estimate of drug-likeness (QED) is 0.278. The van der Waals surface area contributed by atoms with Gasteiger partial charge in [0.1, 0.15) is 17.4 Å². The summed E-state index contributed by atoms with van der Waals surface area (Å²) in [5.74, 6) is 0.284. The number of halogens is 1. The molecule has 0 amide bonds. The lowest BCUT2D eigenvalue weighted by Crippen LogP contribution is -2.56. The van der Waals surface area contributed by atoms with Crippen LogP contribution in [-0.2, 0) is 0 Å². The molecule has 0 bridgehead atoms. The van der Waals surface area contributed by atoms with E-state index >= 15 is 0 Å². The molecular formula is C32H32BrN3O2. The highest BCUT2D eigenvalue weighted by Crippen LogP contribution is 2.48. The summed E-state index contributed by atoms with van der Waals surface area (Å²) in [6, 6.07) is 33.1. The van der Waals surface area contributed by atoms with Crippen LogP contribution in [0.15, 0.2) is 95.5 Å². The van der Waals surface area contributed by atoms with Crippen molar-refractivity contribution in [3.05, 3.63) is 107 Å². The number of benzene rings is 4. The number of ether oxygens (including phenoxy) is 1. The number of nitrogens with zero attached hydrogens (tertiary/aromatic N) is 3. The maximum Gasteiger partial charge on any atom is 0.127 e. The van der Waals surface area contributed by atoms with Crippen LogP contribution in [0.2, 0.25) is 0 Å². The van der Waals surface area contributed by atoms with Gasteiger partial charge in [0, 0.05) is 47.8 Å². The number of aliphatic hydroxyl groups is 1. The fourth-order valence-corrected chi connectivity index (χ4v) is 6.16. The number of piperazine rings is 1. The first-order valence-corrected chi connectivity index (χ1v) is 13.7. The second kappa shape index (κ2) is 11.2. The lowest BCUT2D eigenvalue weighted by Gasteiger charge is -2.45. The Morgan fingerprint density at radius 3 is 2.29 bits per heavy atom. The minimum atomic E-state index is -1.16. The summed E-state index contributed by atoms with van der Waals surface area (Å²) in [5, 5.41) is 24.9. The molecule has 4 aromatic rings. The number of nitriles is 1. The van der Waals surface area contributed by atoms with Gasteiger partial charge in [-0.25, -0.2) is 0 Å². The summed E-state index contributed by atoms with van der Waals surface area (Å²) in [7, 11) is 1.65. The van der Waals surface area contributed by atoms with Gasteiger partial charge in [-0.3, -0.25) is 4.90 Å². The summed E-state index contributed by atoms with van der Waals surface area (Å²) in [6.45, 7) is 4.72. The minimum absolute atomic E-state index is 0.423. The Hall–Kier alpha value is -3.37. The van der Waals surface area contributed by atoms with Crippen LogP contribution in [0.25, 0.3) is 10.8 Å². The number of aliphatic hydroxyl groups excluding tert-OH is 1. The first kappa shape index (κ1) is 26.2.